The van der Waals surface area contributed by atoms with Crippen LogP contribution >= 0.6 is 0 Å². The number of benzene rings is 1. The molecule has 6 heteroatoms. The van der Waals surface area contributed by atoms with Crippen LogP contribution in [0, 0.1) is 13.8 Å². The summed E-state index contributed by atoms with van der Waals surface area (Å²) in [5.74, 6) is -0.126. The first-order valence-corrected chi connectivity index (χ1v) is 8.18. The number of hydrogen-bond acceptors (Lipinski definition) is 4. The molecule has 1 amide bonds. The van der Waals surface area contributed by atoms with Crippen LogP contribution in [0.25, 0.3) is 0 Å². The lowest BCUT2D eigenvalue weighted by molar-refractivity contribution is -0.147. The number of nitrogens with zero attached hydrogens (tertiary/aromatic N) is 2. The van der Waals surface area contributed by atoms with Crippen molar-refractivity contribution < 1.29 is 14.3 Å². The molecule has 3 rings (SSSR count). The first-order valence-electron chi connectivity index (χ1n) is 8.18. The van der Waals surface area contributed by atoms with Crippen LogP contribution in [0.4, 0.5) is 0 Å². The molecule has 1 saturated heterocycles. The molecule has 1 fully saturated rings. The van der Waals surface area contributed by atoms with E-state index in [1.807, 2.05) is 23.7 Å². The number of nitrogens with one attached hydrogen (secondary N) is 1. The number of aryl methyl sites for hydroxylation is 2. The molecule has 24 heavy (non-hydrogen) atoms. The quantitative estimate of drug-likeness (QED) is 0.904. The molecule has 0 radical (unpaired) electrons. The van der Waals surface area contributed by atoms with Crippen molar-refractivity contribution >= 4 is 5.91 Å². The lowest BCUT2D eigenvalue weighted by Crippen LogP contribution is -2.42. The van der Waals surface area contributed by atoms with Gasteiger partial charge in [0, 0.05) is 12.2 Å². The van der Waals surface area contributed by atoms with E-state index in [0.29, 0.717) is 26.4 Å². The van der Waals surface area contributed by atoms with Gasteiger partial charge < -0.3 is 14.8 Å². The van der Waals surface area contributed by atoms with Crippen LogP contribution in [0.5, 0.6) is 0 Å². The summed E-state index contributed by atoms with van der Waals surface area (Å²) in [6, 6.07) is 10.2. The summed E-state index contributed by atoms with van der Waals surface area (Å²) in [6.45, 7) is 6.59. The normalized spacial score (nSPS) is 17.7. The van der Waals surface area contributed by atoms with Crippen molar-refractivity contribution in [2.24, 2.45) is 0 Å². The van der Waals surface area contributed by atoms with Gasteiger partial charge in [-0.2, -0.15) is 5.10 Å². The zero-order valence-electron chi connectivity index (χ0n) is 14.1. The zero-order chi connectivity index (χ0) is 16.9. The van der Waals surface area contributed by atoms with Crippen LogP contribution in [0.15, 0.2) is 30.3 Å². The van der Waals surface area contributed by atoms with Gasteiger partial charge in [-0.05, 0) is 31.0 Å². The van der Waals surface area contributed by atoms with E-state index >= 15 is 0 Å². The van der Waals surface area contributed by atoms with E-state index in [1.54, 1.807) is 0 Å². The Morgan fingerprint density at radius 3 is 2.83 bits per heavy atom. The van der Waals surface area contributed by atoms with Crippen molar-refractivity contribution in [2.75, 3.05) is 19.8 Å². The molecular formula is C18H23N3O3. The number of carbonyl (C=O) groups is 1. The smallest absolute Gasteiger partial charge is 0.251 e. The van der Waals surface area contributed by atoms with E-state index in [-0.39, 0.29) is 5.91 Å². The molecule has 0 spiro atoms. The number of amides is 1. The molecule has 1 aromatic carbocycles. The van der Waals surface area contributed by atoms with Crippen molar-refractivity contribution in [1.82, 2.24) is 15.1 Å². The van der Waals surface area contributed by atoms with Crippen LogP contribution in [-0.2, 0) is 27.4 Å². The molecule has 1 atom stereocenters. The van der Waals surface area contributed by atoms with Crippen LogP contribution in [0.1, 0.15) is 22.5 Å². The van der Waals surface area contributed by atoms with E-state index in [9.17, 15) is 4.79 Å². The minimum atomic E-state index is -0.503. The molecule has 1 N–H and O–H groups in total. The fourth-order valence-corrected chi connectivity index (χ4v) is 2.79. The van der Waals surface area contributed by atoms with Crippen molar-refractivity contribution in [1.29, 1.82) is 0 Å². The molecule has 2 aromatic rings. The number of ether oxygens (including phenoxy) is 2. The third kappa shape index (κ3) is 4.21. The van der Waals surface area contributed by atoms with Crippen LogP contribution in [-0.4, -0.2) is 41.6 Å². The van der Waals surface area contributed by atoms with Crippen molar-refractivity contribution in [3.8, 4) is 0 Å². The van der Waals surface area contributed by atoms with Gasteiger partial charge in [-0.15, -0.1) is 0 Å². The summed E-state index contributed by atoms with van der Waals surface area (Å²) in [5, 5.41) is 7.40. The van der Waals surface area contributed by atoms with E-state index in [1.165, 1.54) is 0 Å². The second-order valence-electron chi connectivity index (χ2n) is 6.06. The Labute approximate surface area is 141 Å². The van der Waals surface area contributed by atoms with Crippen LogP contribution in [0.3, 0.4) is 0 Å². The van der Waals surface area contributed by atoms with Crippen molar-refractivity contribution in [3.05, 3.63) is 52.8 Å². The zero-order valence-corrected chi connectivity index (χ0v) is 14.1. The summed E-state index contributed by atoms with van der Waals surface area (Å²) in [6.07, 6.45) is -0.503. The second kappa shape index (κ2) is 7.59. The number of aromatic nitrogens is 2. The third-order valence-corrected chi connectivity index (χ3v) is 4.00. The molecule has 0 aliphatic carbocycles. The molecule has 1 aliphatic heterocycles. The van der Waals surface area contributed by atoms with Gasteiger partial charge in [0.05, 0.1) is 32.1 Å². The van der Waals surface area contributed by atoms with E-state index in [0.717, 1.165) is 29.1 Å². The molecule has 1 aromatic heterocycles. The van der Waals surface area contributed by atoms with Gasteiger partial charge in [-0.25, -0.2) is 0 Å². The highest BCUT2D eigenvalue weighted by Gasteiger charge is 2.22. The average Bonchev–Trinajstić information content (AvgIpc) is 2.91. The predicted molar refractivity (Wildman–Crippen MR) is 89.7 cm³/mol. The molecule has 2 heterocycles. The maximum absolute atomic E-state index is 12.1. The molecular weight excluding hydrogens is 306 g/mol. The monoisotopic (exact) mass is 329 g/mol. The van der Waals surface area contributed by atoms with Gasteiger partial charge in [0.25, 0.3) is 5.91 Å². The first-order chi connectivity index (χ1) is 11.6. The van der Waals surface area contributed by atoms with E-state index in [4.69, 9.17) is 9.47 Å². The third-order valence-electron chi connectivity index (χ3n) is 4.00. The molecule has 1 aliphatic rings. The lowest BCUT2D eigenvalue weighted by atomic mass is 10.1. The predicted octanol–water partition coefficient (Wildman–Crippen LogP) is 1.58. The molecule has 6 nitrogen and oxygen atoms in total. The summed E-state index contributed by atoms with van der Waals surface area (Å²) in [5.41, 5.74) is 4.37. The Kier molecular flexibility index (Phi) is 5.27. The second-order valence-corrected chi connectivity index (χ2v) is 6.06. The highest BCUT2D eigenvalue weighted by Crippen LogP contribution is 2.10. The summed E-state index contributed by atoms with van der Waals surface area (Å²) < 4.78 is 12.6. The minimum absolute atomic E-state index is 0.126. The Morgan fingerprint density at radius 2 is 2.12 bits per heavy atom. The summed E-state index contributed by atoms with van der Waals surface area (Å²) in [4.78, 5) is 12.1. The first kappa shape index (κ1) is 16.7. The van der Waals surface area contributed by atoms with E-state index in [2.05, 4.69) is 35.5 Å². The summed E-state index contributed by atoms with van der Waals surface area (Å²) >= 11 is 0. The largest absolute Gasteiger partial charge is 0.376 e. The molecule has 0 saturated carbocycles. The van der Waals surface area contributed by atoms with Gasteiger partial charge in [-0.3, -0.25) is 9.48 Å². The van der Waals surface area contributed by atoms with Crippen LogP contribution in [0.2, 0.25) is 0 Å². The van der Waals surface area contributed by atoms with Gasteiger partial charge in [0.2, 0.25) is 0 Å². The van der Waals surface area contributed by atoms with Gasteiger partial charge in [-0.1, -0.05) is 24.3 Å². The maximum Gasteiger partial charge on any atom is 0.251 e. The molecule has 128 valence electrons. The number of carbonyl (C=O) groups excluding carboxylic acids is 1. The van der Waals surface area contributed by atoms with Crippen LogP contribution < -0.4 is 5.32 Å². The Balaban J connectivity index is 1.58. The number of rotatable bonds is 5. The topological polar surface area (TPSA) is 65.4 Å². The van der Waals surface area contributed by atoms with Crippen molar-refractivity contribution in [3.63, 3.8) is 0 Å². The number of hydrogen-bond donors (Lipinski definition) is 1. The maximum atomic E-state index is 12.1. The minimum Gasteiger partial charge on any atom is -0.376 e. The molecule has 0 bridgehead atoms. The highest BCUT2D eigenvalue weighted by atomic mass is 16.6. The standard InChI is InChI=1S/C18H23N3O3/c1-13-8-14(2)21(20-13)11-16-5-3-4-15(9-16)10-19-18(22)17-12-23-6-7-24-17/h3-5,8-9,17H,6-7,10-12H2,1-2H3,(H,19,22)/t17-/m0/s1. The Morgan fingerprint density at radius 1 is 1.29 bits per heavy atom. The summed E-state index contributed by atoms with van der Waals surface area (Å²) in [7, 11) is 0. The van der Waals surface area contributed by atoms with Gasteiger partial charge >= 0.3 is 0 Å². The van der Waals surface area contributed by atoms with Crippen molar-refractivity contribution in [2.45, 2.75) is 33.0 Å². The van der Waals surface area contributed by atoms with Gasteiger partial charge in [0.15, 0.2) is 6.10 Å². The Hall–Kier alpha value is -2.18. The van der Waals surface area contributed by atoms with Gasteiger partial charge in [0.1, 0.15) is 0 Å². The molecule has 0 unspecified atom stereocenters. The highest BCUT2D eigenvalue weighted by molar-refractivity contribution is 5.80. The van der Waals surface area contributed by atoms with E-state index < -0.39 is 6.10 Å². The Bertz CT molecular complexity index is 705. The lowest BCUT2D eigenvalue weighted by Gasteiger charge is -2.22. The fraction of sp³-hybridized carbons (Fsp3) is 0.444. The SMILES string of the molecule is Cc1cc(C)n(Cc2cccc(CNC(=O)[C@@H]3COCCO3)c2)n1. The average molecular weight is 329 g/mol. The fourth-order valence-electron chi connectivity index (χ4n) is 2.79.